The van der Waals surface area contributed by atoms with Gasteiger partial charge in [0.2, 0.25) is 5.88 Å². The SMILES string of the molecule is CCNC(=O)COc1ccc(-c2nc3c(OC4(C)CC4)ncnc3n2Cc2cc(C)ccn2)c(Cl)c1. The van der Waals surface area contributed by atoms with E-state index in [0.717, 1.165) is 24.1 Å². The molecule has 3 heterocycles. The molecule has 0 unspecified atom stereocenters. The van der Waals surface area contributed by atoms with Gasteiger partial charge in [-0.1, -0.05) is 11.6 Å². The van der Waals surface area contributed by atoms with Crippen molar-refractivity contribution in [1.29, 1.82) is 0 Å². The van der Waals surface area contributed by atoms with Crippen LogP contribution in [0.4, 0.5) is 0 Å². The third-order valence-corrected chi connectivity index (χ3v) is 6.33. The Morgan fingerprint density at radius 1 is 1.19 bits per heavy atom. The lowest BCUT2D eigenvalue weighted by Gasteiger charge is -2.12. The molecular formula is C26H27ClN6O3. The Bertz CT molecular complexity index is 1430. The molecular weight excluding hydrogens is 480 g/mol. The summed E-state index contributed by atoms with van der Waals surface area (Å²) in [5.74, 6) is 1.36. The minimum absolute atomic E-state index is 0.0872. The Morgan fingerprint density at radius 2 is 2.03 bits per heavy atom. The second kappa shape index (κ2) is 9.73. The number of benzene rings is 1. The van der Waals surface area contributed by atoms with Crippen LogP contribution >= 0.6 is 11.6 Å². The van der Waals surface area contributed by atoms with E-state index < -0.39 is 0 Å². The average molecular weight is 507 g/mol. The summed E-state index contributed by atoms with van der Waals surface area (Å²) in [5.41, 5.74) is 3.65. The van der Waals surface area contributed by atoms with Crippen molar-refractivity contribution in [2.75, 3.05) is 13.2 Å². The Kier molecular flexibility index (Phi) is 6.49. The lowest BCUT2D eigenvalue weighted by Crippen LogP contribution is -2.28. The highest BCUT2D eigenvalue weighted by molar-refractivity contribution is 6.33. The maximum Gasteiger partial charge on any atom is 0.257 e. The summed E-state index contributed by atoms with van der Waals surface area (Å²) in [6, 6.07) is 9.26. The first kappa shape index (κ1) is 24.0. The molecule has 1 aromatic carbocycles. The zero-order chi connectivity index (χ0) is 25.3. The van der Waals surface area contributed by atoms with Crippen molar-refractivity contribution in [3.8, 4) is 23.0 Å². The standard InChI is InChI=1S/C26H27ClN6O3/c1-4-28-21(34)14-35-18-5-6-19(20(27)12-18)23-32-22-24(30-15-31-25(22)36-26(3)8-9-26)33(23)13-17-11-16(2)7-10-29-17/h5-7,10-12,15H,4,8-9,13-14H2,1-3H3,(H,28,34). The zero-order valence-corrected chi connectivity index (χ0v) is 21.2. The van der Waals surface area contributed by atoms with Gasteiger partial charge >= 0.3 is 0 Å². The van der Waals surface area contributed by atoms with E-state index in [-0.39, 0.29) is 18.1 Å². The normalized spacial score (nSPS) is 14.0. The molecule has 0 saturated heterocycles. The average Bonchev–Trinajstić information content (AvgIpc) is 3.46. The number of amides is 1. The Hall–Kier alpha value is -3.72. The van der Waals surface area contributed by atoms with E-state index in [9.17, 15) is 4.79 Å². The van der Waals surface area contributed by atoms with Gasteiger partial charge in [-0.3, -0.25) is 9.78 Å². The molecule has 36 heavy (non-hydrogen) atoms. The summed E-state index contributed by atoms with van der Waals surface area (Å²) in [7, 11) is 0. The molecule has 10 heteroatoms. The smallest absolute Gasteiger partial charge is 0.257 e. The van der Waals surface area contributed by atoms with Crippen LogP contribution in [0.25, 0.3) is 22.6 Å². The number of likely N-dealkylation sites (N-methyl/N-ethyl adjacent to an activating group) is 1. The number of imidazole rings is 1. The molecule has 1 N–H and O–H groups in total. The third-order valence-electron chi connectivity index (χ3n) is 6.01. The van der Waals surface area contributed by atoms with Crippen LogP contribution in [0.2, 0.25) is 5.02 Å². The quantitative estimate of drug-likeness (QED) is 0.360. The van der Waals surface area contributed by atoms with Crippen molar-refractivity contribution >= 4 is 28.7 Å². The second-order valence-electron chi connectivity index (χ2n) is 9.13. The minimum atomic E-state index is -0.218. The van der Waals surface area contributed by atoms with Crippen molar-refractivity contribution in [3.05, 3.63) is 59.1 Å². The van der Waals surface area contributed by atoms with E-state index in [1.54, 1.807) is 18.3 Å². The van der Waals surface area contributed by atoms with Gasteiger partial charge in [0.05, 0.1) is 17.3 Å². The highest BCUT2D eigenvalue weighted by atomic mass is 35.5. The first-order chi connectivity index (χ1) is 17.3. The van der Waals surface area contributed by atoms with Gasteiger partial charge in [0.25, 0.3) is 5.91 Å². The first-order valence-corrected chi connectivity index (χ1v) is 12.2. The number of aromatic nitrogens is 5. The van der Waals surface area contributed by atoms with Crippen molar-refractivity contribution < 1.29 is 14.3 Å². The molecule has 0 radical (unpaired) electrons. The topological polar surface area (TPSA) is 104 Å². The monoisotopic (exact) mass is 506 g/mol. The van der Waals surface area contributed by atoms with Gasteiger partial charge in [0.15, 0.2) is 17.8 Å². The number of halogens is 1. The molecule has 1 saturated carbocycles. The summed E-state index contributed by atoms with van der Waals surface area (Å²) in [4.78, 5) is 30.1. The van der Waals surface area contributed by atoms with Gasteiger partial charge in [-0.15, -0.1) is 0 Å². The van der Waals surface area contributed by atoms with Crippen molar-refractivity contribution in [1.82, 2.24) is 29.8 Å². The van der Waals surface area contributed by atoms with Gasteiger partial charge in [-0.2, -0.15) is 4.98 Å². The van der Waals surface area contributed by atoms with Crippen LogP contribution < -0.4 is 14.8 Å². The summed E-state index contributed by atoms with van der Waals surface area (Å²) < 4.78 is 13.8. The number of rotatable bonds is 9. The molecule has 0 atom stereocenters. The molecule has 3 aromatic heterocycles. The number of nitrogens with zero attached hydrogens (tertiary/aromatic N) is 5. The molecule has 1 amide bonds. The molecule has 1 aliphatic rings. The van der Waals surface area contributed by atoms with Crippen LogP contribution in [0.3, 0.4) is 0 Å². The molecule has 186 valence electrons. The Balaban J connectivity index is 1.56. The van der Waals surface area contributed by atoms with E-state index in [0.29, 0.717) is 52.3 Å². The van der Waals surface area contributed by atoms with Crippen LogP contribution in [0, 0.1) is 6.92 Å². The van der Waals surface area contributed by atoms with Crippen LogP contribution in [0.15, 0.2) is 42.9 Å². The van der Waals surface area contributed by atoms with Crippen molar-refractivity contribution in [2.45, 2.75) is 45.8 Å². The van der Waals surface area contributed by atoms with E-state index in [4.69, 9.17) is 26.1 Å². The number of hydrogen-bond donors (Lipinski definition) is 1. The van der Waals surface area contributed by atoms with Gasteiger partial charge in [-0.05, 0) is 69.5 Å². The zero-order valence-electron chi connectivity index (χ0n) is 20.4. The minimum Gasteiger partial charge on any atom is -0.484 e. The van der Waals surface area contributed by atoms with Crippen LogP contribution in [0.5, 0.6) is 11.6 Å². The largest absolute Gasteiger partial charge is 0.484 e. The molecule has 0 bridgehead atoms. The van der Waals surface area contributed by atoms with Crippen molar-refractivity contribution in [3.63, 3.8) is 0 Å². The Labute approximate surface area is 213 Å². The first-order valence-electron chi connectivity index (χ1n) is 11.9. The highest BCUT2D eigenvalue weighted by Crippen LogP contribution is 2.41. The summed E-state index contributed by atoms with van der Waals surface area (Å²) in [5, 5.41) is 3.13. The number of ether oxygens (including phenoxy) is 2. The highest BCUT2D eigenvalue weighted by Gasteiger charge is 2.41. The molecule has 0 aliphatic heterocycles. The predicted octanol–water partition coefficient (Wildman–Crippen LogP) is 4.34. The van der Waals surface area contributed by atoms with E-state index in [1.165, 1.54) is 6.33 Å². The number of carbonyl (C=O) groups excluding carboxylic acids is 1. The predicted molar refractivity (Wildman–Crippen MR) is 136 cm³/mol. The lowest BCUT2D eigenvalue weighted by atomic mass is 10.2. The number of nitrogens with one attached hydrogen (secondary N) is 1. The molecule has 1 aliphatic carbocycles. The van der Waals surface area contributed by atoms with Gasteiger partial charge in [-0.25, -0.2) is 9.97 Å². The van der Waals surface area contributed by atoms with E-state index in [2.05, 4.69) is 27.2 Å². The molecule has 9 nitrogen and oxygen atoms in total. The number of carbonyl (C=O) groups is 1. The maximum atomic E-state index is 11.8. The van der Waals surface area contributed by atoms with E-state index >= 15 is 0 Å². The van der Waals surface area contributed by atoms with E-state index in [1.807, 2.05) is 36.6 Å². The Morgan fingerprint density at radius 3 is 2.75 bits per heavy atom. The molecule has 4 aromatic rings. The second-order valence-corrected chi connectivity index (χ2v) is 9.54. The maximum absolute atomic E-state index is 11.8. The summed E-state index contributed by atoms with van der Waals surface area (Å²) >= 11 is 6.71. The fraction of sp³-hybridized carbons (Fsp3) is 0.346. The number of pyridine rings is 1. The number of aryl methyl sites for hydroxylation is 1. The fourth-order valence-corrected chi connectivity index (χ4v) is 4.12. The lowest BCUT2D eigenvalue weighted by molar-refractivity contribution is -0.122. The van der Waals surface area contributed by atoms with Crippen LogP contribution in [-0.4, -0.2) is 49.2 Å². The number of hydrogen-bond acceptors (Lipinski definition) is 7. The van der Waals surface area contributed by atoms with Gasteiger partial charge < -0.3 is 19.4 Å². The molecule has 5 rings (SSSR count). The van der Waals surface area contributed by atoms with Crippen molar-refractivity contribution in [2.24, 2.45) is 0 Å². The number of fused-ring (bicyclic) bond motifs is 1. The van der Waals surface area contributed by atoms with Crippen LogP contribution in [0.1, 0.15) is 37.9 Å². The van der Waals surface area contributed by atoms with Gasteiger partial charge in [0.1, 0.15) is 23.5 Å². The summed E-state index contributed by atoms with van der Waals surface area (Å²) in [6.45, 7) is 6.84. The fourth-order valence-electron chi connectivity index (χ4n) is 3.87. The van der Waals surface area contributed by atoms with Gasteiger partial charge in [0, 0.05) is 18.3 Å². The van der Waals surface area contributed by atoms with Crippen LogP contribution in [-0.2, 0) is 11.3 Å². The molecule has 0 spiro atoms. The third kappa shape index (κ3) is 5.11. The molecule has 1 fully saturated rings. The summed E-state index contributed by atoms with van der Waals surface area (Å²) in [6.07, 6.45) is 5.23.